The minimum atomic E-state index is 0.106. The Kier molecular flexibility index (Phi) is 8.55. The zero-order chi connectivity index (χ0) is 9.94. The highest BCUT2D eigenvalue weighted by Gasteiger charge is 1.97. The third-order valence-corrected chi connectivity index (χ3v) is 1.57. The molecule has 0 rings (SSSR count). The van der Waals surface area contributed by atoms with E-state index in [1.54, 1.807) is 6.21 Å². The summed E-state index contributed by atoms with van der Waals surface area (Å²) in [6, 6.07) is 0. The molecular formula is C9H19N3O. The van der Waals surface area contributed by atoms with Gasteiger partial charge in [0.1, 0.15) is 0 Å². The molecule has 1 amide bonds. The molecule has 0 aliphatic heterocycles. The average Bonchev–Trinajstić information content (AvgIpc) is 2.14. The maximum atomic E-state index is 11.0. The van der Waals surface area contributed by atoms with Crippen LogP contribution in [-0.2, 0) is 4.79 Å². The van der Waals surface area contributed by atoms with Gasteiger partial charge in [0.25, 0.3) is 0 Å². The Morgan fingerprint density at radius 2 is 2.23 bits per heavy atom. The normalized spacial score (nSPS) is 10.6. The van der Waals surface area contributed by atoms with Gasteiger partial charge in [-0.25, -0.2) is 0 Å². The van der Waals surface area contributed by atoms with Crippen LogP contribution in [0.25, 0.3) is 0 Å². The molecule has 0 spiro atoms. The highest BCUT2D eigenvalue weighted by atomic mass is 16.1. The van der Waals surface area contributed by atoms with Gasteiger partial charge in [-0.2, -0.15) is 0 Å². The number of aliphatic imine (C=N–C) groups is 1. The van der Waals surface area contributed by atoms with Gasteiger partial charge in [0.05, 0.1) is 0 Å². The summed E-state index contributed by atoms with van der Waals surface area (Å²) in [5.74, 6) is 0.106. The van der Waals surface area contributed by atoms with Crippen molar-refractivity contribution in [3.8, 4) is 0 Å². The molecule has 4 nitrogen and oxygen atoms in total. The third kappa shape index (κ3) is 9.01. The van der Waals surface area contributed by atoms with Crippen molar-refractivity contribution in [2.45, 2.75) is 19.8 Å². The van der Waals surface area contributed by atoms with Gasteiger partial charge in [0.15, 0.2) is 0 Å². The lowest BCUT2D eigenvalue weighted by atomic mass is 10.3. The van der Waals surface area contributed by atoms with E-state index in [-0.39, 0.29) is 5.91 Å². The summed E-state index contributed by atoms with van der Waals surface area (Å²) >= 11 is 0. The SMILES string of the molecule is CC=NCCCNC(=O)CCNC. The molecule has 0 bridgehead atoms. The lowest BCUT2D eigenvalue weighted by molar-refractivity contribution is -0.120. The molecule has 13 heavy (non-hydrogen) atoms. The molecule has 0 unspecified atom stereocenters. The largest absolute Gasteiger partial charge is 0.356 e. The van der Waals surface area contributed by atoms with Gasteiger partial charge in [-0.3, -0.25) is 9.79 Å². The minimum Gasteiger partial charge on any atom is -0.356 e. The summed E-state index contributed by atoms with van der Waals surface area (Å²) in [5.41, 5.74) is 0. The van der Waals surface area contributed by atoms with Crippen LogP contribution in [-0.4, -0.2) is 38.8 Å². The number of carbonyl (C=O) groups is 1. The van der Waals surface area contributed by atoms with Crippen LogP contribution < -0.4 is 10.6 Å². The van der Waals surface area contributed by atoms with Crippen LogP contribution in [0, 0.1) is 0 Å². The van der Waals surface area contributed by atoms with Gasteiger partial charge >= 0.3 is 0 Å². The maximum absolute atomic E-state index is 11.0. The van der Waals surface area contributed by atoms with Crippen molar-refractivity contribution < 1.29 is 4.79 Å². The summed E-state index contributed by atoms with van der Waals surface area (Å²) in [6.45, 7) is 4.15. The van der Waals surface area contributed by atoms with Crippen molar-refractivity contribution in [2.75, 3.05) is 26.7 Å². The van der Waals surface area contributed by atoms with Crippen molar-refractivity contribution in [1.82, 2.24) is 10.6 Å². The van der Waals surface area contributed by atoms with E-state index < -0.39 is 0 Å². The Hall–Kier alpha value is -0.900. The topological polar surface area (TPSA) is 53.5 Å². The fraction of sp³-hybridized carbons (Fsp3) is 0.778. The number of hydrogen-bond acceptors (Lipinski definition) is 3. The van der Waals surface area contributed by atoms with Crippen LogP contribution in [0.2, 0.25) is 0 Å². The van der Waals surface area contributed by atoms with E-state index in [0.29, 0.717) is 6.42 Å². The first-order valence-electron chi connectivity index (χ1n) is 4.67. The monoisotopic (exact) mass is 185 g/mol. The molecule has 0 aromatic rings. The average molecular weight is 185 g/mol. The number of hydrogen-bond donors (Lipinski definition) is 2. The van der Waals surface area contributed by atoms with Crippen molar-refractivity contribution in [2.24, 2.45) is 4.99 Å². The third-order valence-electron chi connectivity index (χ3n) is 1.57. The molecule has 0 aromatic carbocycles. The molecule has 0 fully saturated rings. The Balaban J connectivity index is 3.17. The van der Waals surface area contributed by atoms with E-state index in [1.807, 2.05) is 14.0 Å². The number of rotatable bonds is 7. The van der Waals surface area contributed by atoms with Gasteiger partial charge in [-0.15, -0.1) is 0 Å². The summed E-state index contributed by atoms with van der Waals surface area (Å²) in [5, 5.41) is 5.75. The van der Waals surface area contributed by atoms with Crippen LogP contribution in [0.15, 0.2) is 4.99 Å². The van der Waals surface area contributed by atoms with E-state index in [1.165, 1.54) is 0 Å². The predicted molar refractivity (Wildman–Crippen MR) is 55.2 cm³/mol. The van der Waals surface area contributed by atoms with Crippen LogP contribution in [0.5, 0.6) is 0 Å². The second kappa shape index (κ2) is 9.19. The highest BCUT2D eigenvalue weighted by molar-refractivity contribution is 5.75. The van der Waals surface area contributed by atoms with Crippen LogP contribution in [0.4, 0.5) is 0 Å². The first-order valence-corrected chi connectivity index (χ1v) is 4.67. The van der Waals surface area contributed by atoms with E-state index in [9.17, 15) is 4.79 Å². The Labute approximate surface area is 79.8 Å². The molecule has 0 radical (unpaired) electrons. The Morgan fingerprint density at radius 1 is 1.46 bits per heavy atom. The molecule has 0 aliphatic rings. The lowest BCUT2D eigenvalue weighted by Crippen LogP contribution is -2.27. The van der Waals surface area contributed by atoms with E-state index in [2.05, 4.69) is 15.6 Å². The molecule has 0 heterocycles. The van der Waals surface area contributed by atoms with Gasteiger partial charge in [-0.1, -0.05) is 0 Å². The maximum Gasteiger partial charge on any atom is 0.221 e. The quantitative estimate of drug-likeness (QED) is 0.439. The second-order valence-electron chi connectivity index (χ2n) is 2.72. The number of nitrogens with one attached hydrogen (secondary N) is 2. The van der Waals surface area contributed by atoms with Gasteiger partial charge in [-0.05, 0) is 26.6 Å². The summed E-state index contributed by atoms with van der Waals surface area (Å²) < 4.78 is 0. The fourth-order valence-electron chi connectivity index (χ4n) is 0.854. The zero-order valence-electron chi connectivity index (χ0n) is 8.47. The lowest BCUT2D eigenvalue weighted by Gasteiger charge is -2.02. The molecule has 76 valence electrons. The molecule has 0 aromatic heterocycles. The molecule has 0 saturated carbocycles. The van der Waals surface area contributed by atoms with Crippen molar-refractivity contribution in [1.29, 1.82) is 0 Å². The zero-order valence-corrected chi connectivity index (χ0v) is 8.47. The number of nitrogens with zero attached hydrogens (tertiary/aromatic N) is 1. The van der Waals surface area contributed by atoms with Crippen molar-refractivity contribution in [3.05, 3.63) is 0 Å². The molecule has 4 heteroatoms. The van der Waals surface area contributed by atoms with Gasteiger partial charge in [0, 0.05) is 26.1 Å². The molecule has 2 N–H and O–H groups in total. The second-order valence-corrected chi connectivity index (χ2v) is 2.72. The summed E-state index contributed by atoms with van der Waals surface area (Å²) in [7, 11) is 1.84. The number of amides is 1. The predicted octanol–water partition coefficient (Wildman–Crippen LogP) is 0.193. The van der Waals surface area contributed by atoms with Crippen LogP contribution in [0.3, 0.4) is 0 Å². The summed E-state index contributed by atoms with van der Waals surface area (Å²) in [4.78, 5) is 15.1. The van der Waals surface area contributed by atoms with Gasteiger partial charge < -0.3 is 10.6 Å². The van der Waals surface area contributed by atoms with Crippen LogP contribution in [0.1, 0.15) is 19.8 Å². The smallest absolute Gasteiger partial charge is 0.221 e. The van der Waals surface area contributed by atoms with Crippen molar-refractivity contribution in [3.63, 3.8) is 0 Å². The molecule has 0 saturated heterocycles. The first kappa shape index (κ1) is 12.1. The fourth-order valence-corrected chi connectivity index (χ4v) is 0.854. The Bertz CT molecular complexity index is 157. The Morgan fingerprint density at radius 3 is 2.85 bits per heavy atom. The van der Waals surface area contributed by atoms with E-state index >= 15 is 0 Å². The standard InChI is InChI=1S/C9H19N3O/c1-3-11-6-4-7-12-9(13)5-8-10-2/h3,10H,4-8H2,1-2H3,(H,12,13). The minimum absolute atomic E-state index is 0.106. The van der Waals surface area contributed by atoms with E-state index in [4.69, 9.17) is 0 Å². The van der Waals surface area contributed by atoms with Gasteiger partial charge in [0.2, 0.25) is 5.91 Å². The molecular weight excluding hydrogens is 166 g/mol. The number of carbonyl (C=O) groups excluding carboxylic acids is 1. The molecule has 0 atom stereocenters. The molecule has 0 aliphatic carbocycles. The van der Waals surface area contributed by atoms with E-state index in [0.717, 1.165) is 26.1 Å². The van der Waals surface area contributed by atoms with Crippen LogP contribution >= 0.6 is 0 Å². The highest BCUT2D eigenvalue weighted by Crippen LogP contribution is 1.80. The first-order chi connectivity index (χ1) is 6.31. The summed E-state index contributed by atoms with van der Waals surface area (Å²) in [6.07, 6.45) is 3.24. The van der Waals surface area contributed by atoms with Crippen molar-refractivity contribution >= 4 is 12.1 Å².